The van der Waals surface area contributed by atoms with Gasteiger partial charge >= 0.3 is 0 Å². The van der Waals surface area contributed by atoms with Crippen LogP contribution in [0.5, 0.6) is 0 Å². The molecular weight excluding hydrogens is 192 g/mol. The van der Waals surface area contributed by atoms with Gasteiger partial charge in [0.15, 0.2) is 12.6 Å². The van der Waals surface area contributed by atoms with Gasteiger partial charge in [0, 0.05) is 6.61 Å². The minimum atomic E-state index is -0.567. The molecule has 3 heteroatoms. The highest BCUT2D eigenvalue weighted by Crippen LogP contribution is 2.22. The molecule has 1 fully saturated rings. The van der Waals surface area contributed by atoms with E-state index in [2.05, 4.69) is 11.8 Å². The van der Waals surface area contributed by atoms with Crippen molar-refractivity contribution >= 4 is 6.29 Å². The Morgan fingerprint density at radius 2 is 2.40 bits per heavy atom. The molecular formula is C12H18O3. The summed E-state index contributed by atoms with van der Waals surface area (Å²) in [4.78, 5) is 10.2. The number of carbonyl (C=O) groups excluding carboxylic acids is 1. The van der Waals surface area contributed by atoms with Crippen LogP contribution in [0.1, 0.15) is 39.5 Å². The zero-order valence-corrected chi connectivity index (χ0v) is 9.41. The molecule has 2 unspecified atom stereocenters. The largest absolute Gasteiger partial charge is 0.353 e. The molecule has 0 amide bonds. The molecule has 0 bridgehead atoms. The molecule has 2 atom stereocenters. The fourth-order valence-corrected chi connectivity index (χ4v) is 1.48. The number of rotatable bonds is 3. The third-order valence-corrected chi connectivity index (χ3v) is 2.60. The topological polar surface area (TPSA) is 35.5 Å². The van der Waals surface area contributed by atoms with E-state index in [9.17, 15) is 4.79 Å². The molecule has 3 nitrogen and oxygen atoms in total. The second-order valence-corrected chi connectivity index (χ2v) is 3.89. The highest BCUT2D eigenvalue weighted by atomic mass is 16.7. The van der Waals surface area contributed by atoms with Gasteiger partial charge in [-0.3, -0.25) is 4.79 Å². The standard InChI is InChI=1S/C12H18O3/c1-3-12(2,8-6-9-13)15-11-7-4-5-10-14-11/h9,11H,3-5,7,10H2,1-2H3. The Balaban J connectivity index is 2.53. The van der Waals surface area contributed by atoms with Crippen molar-refractivity contribution in [3.8, 4) is 11.8 Å². The van der Waals surface area contributed by atoms with Crippen LogP contribution in [0.25, 0.3) is 0 Å². The molecule has 0 N–H and O–H groups in total. The second-order valence-electron chi connectivity index (χ2n) is 3.89. The van der Waals surface area contributed by atoms with Gasteiger partial charge in [-0.1, -0.05) is 12.8 Å². The zero-order chi connectivity index (χ0) is 11.1. The fraction of sp³-hybridized carbons (Fsp3) is 0.750. The van der Waals surface area contributed by atoms with Crippen molar-refractivity contribution in [2.75, 3.05) is 6.61 Å². The van der Waals surface area contributed by atoms with Crippen molar-refractivity contribution in [1.82, 2.24) is 0 Å². The minimum Gasteiger partial charge on any atom is -0.353 e. The summed E-state index contributed by atoms with van der Waals surface area (Å²) >= 11 is 0. The Morgan fingerprint density at radius 1 is 1.60 bits per heavy atom. The van der Waals surface area contributed by atoms with Crippen LogP contribution in [0.15, 0.2) is 0 Å². The van der Waals surface area contributed by atoms with Gasteiger partial charge in [-0.2, -0.15) is 0 Å². The molecule has 0 aromatic rings. The summed E-state index contributed by atoms with van der Waals surface area (Å²) in [6.45, 7) is 4.63. The van der Waals surface area contributed by atoms with Gasteiger partial charge in [0.25, 0.3) is 0 Å². The quantitative estimate of drug-likeness (QED) is 0.527. The zero-order valence-electron chi connectivity index (χ0n) is 9.41. The third kappa shape index (κ3) is 4.03. The SMILES string of the molecule is CCC(C)(C#CC=O)OC1CCCCO1. The van der Waals surface area contributed by atoms with Crippen LogP contribution in [0.2, 0.25) is 0 Å². The molecule has 1 rings (SSSR count). The van der Waals surface area contributed by atoms with Crippen molar-refractivity contribution in [2.24, 2.45) is 0 Å². The van der Waals surface area contributed by atoms with Crippen molar-refractivity contribution < 1.29 is 14.3 Å². The first kappa shape index (κ1) is 12.2. The molecule has 84 valence electrons. The fourth-order valence-electron chi connectivity index (χ4n) is 1.48. The average Bonchev–Trinajstić information content (AvgIpc) is 2.28. The van der Waals surface area contributed by atoms with Gasteiger partial charge in [0.05, 0.1) is 0 Å². The summed E-state index contributed by atoms with van der Waals surface area (Å²) in [5, 5.41) is 0. The number of hydrogen-bond acceptors (Lipinski definition) is 3. The molecule has 0 spiro atoms. The van der Waals surface area contributed by atoms with E-state index >= 15 is 0 Å². The molecule has 1 saturated heterocycles. The van der Waals surface area contributed by atoms with Gasteiger partial charge in [0.1, 0.15) is 5.60 Å². The van der Waals surface area contributed by atoms with Crippen LogP contribution in [-0.4, -0.2) is 24.8 Å². The Labute approximate surface area is 91.1 Å². The van der Waals surface area contributed by atoms with E-state index < -0.39 is 5.60 Å². The van der Waals surface area contributed by atoms with Crippen LogP contribution < -0.4 is 0 Å². The molecule has 0 aliphatic carbocycles. The van der Waals surface area contributed by atoms with Crippen molar-refractivity contribution in [2.45, 2.75) is 51.4 Å². The number of ether oxygens (including phenoxy) is 2. The maximum absolute atomic E-state index is 10.2. The van der Waals surface area contributed by atoms with E-state index in [-0.39, 0.29) is 6.29 Å². The summed E-state index contributed by atoms with van der Waals surface area (Å²) in [6, 6.07) is 0. The van der Waals surface area contributed by atoms with Gasteiger partial charge < -0.3 is 9.47 Å². The van der Waals surface area contributed by atoms with E-state index in [1.54, 1.807) is 0 Å². The molecule has 0 aromatic heterocycles. The predicted octanol–water partition coefficient (Wildman–Crippen LogP) is 1.90. The Bertz CT molecular complexity index is 258. The summed E-state index contributed by atoms with van der Waals surface area (Å²) < 4.78 is 11.3. The van der Waals surface area contributed by atoms with E-state index in [1.165, 1.54) is 0 Å². The maximum Gasteiger partial charge on any atom is 0.192 e. The van der Waals surface area contributed by atoms with Crippen LogP contribution >= 0.6 is 0 Å². The summed E-state index contributed by atoms with van der Waals surface area (Å²) in [6.07, 6.45) is 4.32. The lowest BCUT2D eigenvalue weighted by molar-refractivity contribution is -0.204. The monoisotopic (exact) mass is 210 g/mol. The Hall–Kier alpha value is -0.850. The number of aldehydes is 1. The normalized spacial score (nSPS) is 24.8. The van der Waals surface area contributed by atoms with Crippen molar-refractivity contribution in [3.63, 3.8) is 0 Å². The summed E-state index contributed by atoms with van der Waals surface area (Å²) in [5.74, 6) is 5.24. The van der Waals surface area contributed by atoms with Crippen LogP contribution in [0.3, 0.4) is 0 Å². The van der Waals surface area contributed by atoms with Gasteiger partial charge in [-0.05, 0) is 38.5 Å². The molecule has 1 aliphatic rings. The minimum absolute atomic E-state index is 0.162. The number of hydrogen-bond donors (Lipinski definition) is 0. The maximum atomic E-state index is 10.2. The number of carbonyl (C=O) groups is 1. The summed E-state index contributed by atoms with van der Waals surface area (Å²) in [7, 11) is 0. The van der Waals surface area contributed by atoms with Gasteiger partial charge in [0.2, 0.25) is 0 Å². The van der Waals surface area contributed by atoms with Crippen molar-refractivity contribution in [3.05, 3.63) is 0 Å². The van der Waals surface area contributed by atoms with Gasteiger partial charge in [-0.15, -0.1) is 0 Å². The van der Waals surface area contributed by atoms with E-state index in [0.29, 0.717) is 6.29 Å². The lowest BCUT2D eigenvalue weighted by Gasteiger charge is -2.31. The molecule has 0 radical (unpaired) electrons. The molecule has 0 aromatic carbocycles. The van der Waals surface area contributed by atoms with E-state index in [1.807, 2.05) is 13.8 Å². The van der Waals surface area contributed by atoms with Crippen LogP contribution in [0, 0.1) is 11.8 Å². The van der Waals surface area contributed by atoms with Crippen molar-refractivity contribution in [1.29, 1.82) is 0 Å². The molecule has 1 heterocycles. The van der Waals surface area contributed by atoms with Crippen LogP contribution in [-0.2, 0) is 14.3 Å². The Kier molecular flexibility index (Phi) is 4.80. The highest BCUT2D eigenvalue weighted by Gasteiger charge is 2.26. The second kappa shape index (κ2) is 5.89. The molecule has 1 aliphatic heterocycles. The van der Waals surface area contributed by atoms with Crippen LogP contribution in [0.4, 0.5) is 0 Å². The predicted molar refractivity (Wildman–Crippen MR) is 57.2 cm³/mol. The lowest BCUT2D eigenvalue weighted by Crippen LogP contribution is -2.35. The van der Waals surface area contributed by atoms with E-state index in [0.717, 1.165) is 32.3 Å². The smallest absolute Gasteiger partial charge is 0.192 e. The molecule has 0 saturated carbocycles. The third-order valence-electron chi connectivity index (χ3n) is 2.60. The average molecular weight is 210 g/mol. The highest BCUT2D eigenvalue weighted by molar-refractivity contribution is 5.72. The first-order valence-electron chi connectivity index (χ1n) is 5.46. The Morgan fingerprint density at radius 3 is 2.93 bits per heavy atom. The molecule has 15 heavy (non-hydrogen) atoms. The lowest BCUT2D eigenvalue weighted by atomic mass is 10.0. The van der Waals surface area contributed by atoms with Gasteiger partial charge in [-0.25, -0.2) is 0 Å². The first-order valence-corrected chi connectivity index (χ1v) is 5.46. The first-order chi connectivity index (χ1) is 7.20. The van der Waals surface area contributed by atoms with E-state index in [4.69, 9.17) is 9.47 Å². The summed E-state index contributed by atoms with van der Waals surface area (Å²) in [5.41, 5.74) is -0.567.